The third-order valence-corrected chi connectivity index (χ3v) is 3.14. The SMILES string of the molecule is C=CC[C@H]1CC(=O)N(c2ccc(C(F)(F)F)cc2)C1=O. The van der Waals surface area contributed by atoms with E-state index in [1.807, 2.05) is 0 Å². The maximum atomic E-state index is 12.5. The van der Waals surface area contributed by atoms with Gasteiger partial charge in [0.05, 0.1) is 17.2 Å². The highest BCUT2D eigenvalue weighted by Gasteiger charge is 2.39. The first-order valence-corrected chi connectivity index (χ1v) is 5.99. The van der Waals surface area contributed by atoms with Gasteiger partial charge in [0.1, 0.15) is 0 Å². The quantitative estimate of drug-likeness (QED) is 0.631. The van der Waals surface area contributed by atoms with E-state index in [1.54, 1.807) is 6.08 Å². The second-order valence-corrected chi connectivity index (χ2v) is 4.54. The predicted octanol–water partition coefficient (Wildman–Crippen LogP) is 3.16. The van der Waals surface area contributed by atoms with Crippen molar-refractivity contribution < 1.29 is 22.8 Å². The monoisotopic (exact) mass is 283 g/mol. The van der Waals surface area contributed by atoms with Gasteiger partial charge in [0.15, 0.2) is 0 Å². The van der Waals surface area contributed by atoms with Crippen LogP contribution in [0.25, 0.3) is 0 Å². The number of nitrogens with zero attached hydrogens (tertiary/aromatic N) is 1. The summed E-state index contributed by atoms with van der Waals surface area (Å²) in [6.45, 7) is 3.51. The van der Waals surface area contributed by atoms with Crippen LogP contribution in [0, 0.1) is 5.92 Å². The maximum Gasteiger partial charge on any atom is 0.416 e. The number of rotatable bonds is 3. The highest BCUT2D eigenvalue weighted by atomic mass is 19.4. The summed E-state index contributed by atoms with van der Waals surface area (Å²) in [5.74, 6) is -1.27. The first kappa shape index (κ1) is 14.3. The van der Waals surface area contributed by atoms with E-state index in [0.29, 0.717) is 6.42 Å². The fraction of sp³-hybridized carbons (Fsp3) is 0.286. The normalized spacial score (nSPS) is 19.6. The Morgan fingerprint density at radius 2 is 1.85 bits per heavy atom. The Labute approximate surface area is 113 Å². The summed E-state index contributed by atoms with van der Waals surface area (Å²) < 4.78 is 37.4. The molecule has 1 aliphatic rings. The molecule has 1 fully saturated rings. The molecule has 1 atom stereocenters. The van der Waals surface area contributed by atoms with E-state index in [-0.39, 0.29) is 12.1 Å². The number of benzene rings is 1. The summed E-state index contributed by atoms with van der Waals surface area (Å²) in [6, 6.07) is 3.98. The molecule has 20 heavy (non-hydrogen) atoms. The standard InChI is InChI=1S/C14H12F3NO2/c1-2-3-9-8-12(19)18(13(9)20)11-6-4-10(5-7-11)14(15,16)17/h2,4-7,9H,1,3,8H2/t9-/m0/s1. The third-order valence-electron chi connectivity index (χ3n) is 3.14. The van der Waals surface area contributed by atoms with Crippen LogP contribution in [0.15, 0.2) is 36.9 Å². The minimum atomic E-state index is -4.44. The zero-order valence-electron chi connectivity index (χ0n) is 10.5. The number of alkyl halides is 3. The highest BCUT2D eigenvalue weighted by molar-refractivity contribution is 6.20. The Morgan fingerprint density at radius 1 is 1.25 bits per heavy atom. The lowest BCUT2D eigenvalue weighted by Crippen LogP contribution is -2.30. The highest BCUT2D eigenvalue weighted by Crippen LogP contribution is 2.33. The van der Waals surface area contributed by atoms with Crippen LogP contribution >= 0.6 is 0 Å². The van der Waals surface area contributed by atoms with Gasteiger partial charge in [-0.1, -0.05) is 6.08 Å². The van der Waals surface area contributed by atoms with Crippen molar-refractivity contribution >= 4 is 17.5 Å². The average Bonchev–Trinajstić information content (AvgIpc) is 2.64. The van der Waals surface area contributed by atoms with Gasteiger partial charge in [0.25, 0.3) is 0 Å². The smallest absolute Gasteiger partial charge is 0.274 e. The molecule has 0 aromatic heterocycles. The largest absolute Gasteiger partial charge is 0.416 e. The van der Waals surface area contributed by atoms with Gasteiger partial charge in [0.2, 0.25) is 11.8 Å². The minimum Gasteiger partial charge on any atom is -0.274 e. The molecule has 1 heterocycles. The van der Waals surface area contributed by atoms with Gasteiger partial charge in [-0.25, -0.2) is 0 Å². The van der Waals surface area contributed by atoms with Crippen molar-refractivity contribution in [1.82, 2.24) is 0 Å². The second-order valence-electron chi connectivity index (χ2n) is 4.54. The molecule has 0 bridgehead atoms. The molecular weight excluding hydrogens is 271 g/mol. The van der Waals surface area contributed by atoms with Crippen LogP contribution in [0.5, 0.6) is 0 Å². The van der Waals surface area contributed by atoms with Crippen LogP contribution in [0.2, 0.25) is 0 Å². The van der Waals surface area contributed by atoms with E-state index in [4.69, 9.17) is 0 Å². The molecule has 1 saturated heterocycles. The van der Waals surface area contributed by atoms with E-state index in [9.17, 15) is 22.8 Å². The summed E-state index contributed by atoms with van der Waals surface area (Å²) in [6.07, 6.45) is -2.46. The van der Waals surface area contributed by atoms with E-state index in [1.165, 1.54) is 0 Å². The second kappa shape index (κ2) is 5.11. The van der Waals surface area contributed by atoms with Crippen LogP contribution < -0.4 is 4.90 Å². The van der Waals surface area contributed by atoms with Crippen molar-refractivity contribution in [2.24, 2.45) is 5.92 Å². The molecule has 1 aliphatic heterocycles. The van der Waals surface area contributed by atoms with Gasteiger partial charge in [-0.05, 0) is 30.7 Å². The fourth-order valence-electron chi connectivity index (χ4n) is 2.15. The van der Waals surface area contributed by atoms with Crippen LogP contribution in [-0.2, 0) is 15.8 Å². The summed E-state index contributed by atoms with van der Waals surface area (Å²) in [7, 11) is 0. The van der Waals surface area contributed by atoms with Gasteiger partial charge >= 0.3 is 6.18 Å². The Hall–Kier alpha value is -2.11. The first-order chi connectivity index (χ1) is 9.34. The molecule has 0 saturated carbocycles. The lowest BCUT2D eigenvalue weighted by molar-refractivity contribution is -0.137. The van der Waals surface area contributed by atoms with Crippen LogP contribution in [0.1, 0.15) is 18.4 Å². The molecule has 6 heteroatoms. The van der Waals surface area contributed by atoms with Gasteiger partial charge in [-0.2, -0.15) is 13.2 Å². The third kappa shape index (κ3) is 2.59. The number of allylic oxidation sites excluding steroid dienone is 1. The molecule has 0 unspecified atom stereocenters. The number of amides is 2. The fourth-order valence-corrected chi connectivity index (χ4v) is 2.15. The minimum absolute atomic E-state index is 0.0614. The lowest BCUT2D eigenvalue weighted by atomic mass is 10.0. The van der Waals surface area contributed by atoms with Gasteiger partial charge in [-0.3, -0.25) is 14.5 Å². The van der Waals surface area contributed by atoms with Crippen molar-refractivity contribution in [3.05, 3.63) is 42.5 Å². The maximum absolute atomic E-state index is 12.5. The van der Waals surface area contributed by atoms with E-state index >= 15 is 0 Å². The molecule has 106 valence electrons. The molecule has 0 spiro atoms. The van der Waals surface area contributed by atoms with Gasteiger partial charge < -0.3 is 0 Å². The summed E-state index contributed by atoms with van der Waals surface area (Å²) >= 11 is 0. The number of anilines is 1. The average molecular weight is 283 g/mol. The topological polar surface area (TPSA) is 37.4 Å². The van der Waals surface area contributed by atoms with Crippen molar-refractivity contribution in [2.75, 3.05) is 4.90 Å². The molecule has 1 aromatic rings. The summed E-state index contributed by atoms with van der Waals surface area (Å²) in [5, 5.41) is 0. The van der Waals surface area contributed by atoms with Gasteiger partial charge in [0, 0.05) is 6.42 Å². The summed E-state index contributed by atoms with van der Waals surface area (Å²) in [4.78, 5) is 24.8. The molecule has 1 aromatic carbocycles. The van der Waals surface area contributed by atoms with Crippen LogP contribution in [-0.4, -0.2) is 11.8 Å². The van der Waals surface area contributed by atoms with Crippen molar-refractivity contribution in [1.29, 1.82) is 0 Å². The Morgan fingerprint density at radius 3 is 2.35 bits per heavy atom. The number of carbonyl (C=O) groups excluding carboxylic acids is 2. The zero-order chi connectivity index (χ0) is 14.9. The van der Waals surface area contributed by atoms with E-state index in [2.05, 4.69) is 6.58 Å². The summed E-state index contributed by atoms with van der Waals surface area (Å²) in [5.41, 5.74) is -0.650. The Bertz CT molecular complexity index is 549. The van der Waals surface area contributed by atoms with Crippen LogP contribution in [0.3, 0.4) is 0 Å². The molecular formula is C14H12F3NO2. The molecule has 0 radical (unpaired) electrons. The number of carbonyl (C=O) groups is 2. The lowest BCUT2D eigenvalue weighted by Gasteiger charge is -2.15. The number of hydrogen-bond acceptors (Lipinski definition) is 2. The van der Waals surface area contributed by atoms with Crippen LogP contribution in [0.4, 0.5) is 18.9 Å². The number of imide groups is 1. The Balaban J connectivity index is 2.26. The van der Waals surface area contributed by atoms with E-state index in [0.717, 1.165) is 29.2 Å². The van der Waals surface area contributed by atoms with Crippen molar-refractivity contribution in [3.63, 3.8) is 0 Å². The molecule has 0 aliphatic carbocycles. The van der Waals surface area contributed by atoms with E-state index < -0.39 is 29.5 Å². The number of halogens is 3. The van der Waals surface area contributed by atoms with Crippen molar-refractivity contribution in [2.45, 2.75) is 19.0 Å². The molecule has 2 rings (SSSR count). The molecule has 2 amide bonds. The Kier molecular flexibility index (Phi) is 3.65. The zero-order valence-corrected chi connectivity index (χ0v) is 10.5. The molecule has 0 N–H and O–H groups in total. The van der Waals surface area contributed by atoms with Gasteiger partial charge in [-0.15, -0.1) is 6.58 Å². The molecule has 3 nitrogen and oxygen atoms in total. The first-order valence-electron chi connectivity index (χ1n) is 5.99. The number of hydrogen-bond donors (Lipinski definition) is 0. The predicted molar refractivity (Wildman–Crippen MR) is 66.9 cm³/mol. The van der Waals surface area contributed by atoms with Crippen molar-refractivity contribution in [3.8, 4) is 0 Å².